The van der Waals surface area contributed by atoms with Gasteiger partial charge in [-0.1, -0.05) is 24.3 Å². The minimum Gasteiger partial charge on any atom is -0.507 e. The molecule has 8 nitrogen and oxygen atoms in total. The molecule has 2 N–H and O–H groups in total. The molecule has 0 spiro atoms. The maximum Gasteiger partial charge on any atom is 0.201 e. The molecule has 2 aromatic carbocycles. The Morgan fingerprint density at radius 2 is 0.889 bits per heavy atom. The summed E-state index contributed by atoms with van der Waals surface area (Å²) in [6, 6.07) is 13.5. The molecule has 0 aliphatic carbocycles. The zero-order valence-electron chi connectivity index (χ0n) is 13.7. The molecule has 0 saturated carbocycles. The second-order valence-electron chi connectivity index (χ2n) is 5.30. The van der Waals surface area contributed by atoms with Crippen molar-refractivity contribution in [2.45, 2.75) is 0 Å². The maximum atomic E-state index is 9.98. The number of aromatic hydroxyl groups is 2. The van der Waals surface area contributed by atoms with Gasteiger partial charge in [0.25, 0.3) is 0 Å². The van der Waals surface area contributed by atoms with Crippen molar-refractivity contribution in [2.75, 3.05) is 0 Å². The van der Waals surface area contributed by atoms with Crippen LogP contribution in [0, 0.1) is 0 Å². The molecule has 0 unspecified atom stereocenters. The van der Waals surface area contributed by atoms with Gasteiger partial charge in [0, 0.05) is 21.1 Å². The largest absolute Gasteiger partial charge is 0.507 e. The van der Waals surface area contributed by atoms with Gasteiger partial charge in [-0.3, -0.25) is 0 Å². The smallest absolute Gasteiger partial charge is 0.201 e. The van der Waals surface area contributed by atoms with Gasteiger partial charge in [0.2, 0.25) is 11.6 Å². The first-order chi connectivity index (χ1) is 12.7. The van der Waals surface area contributed by atoms with Crippen molar-refractivity contribution in [3.05, 3.63) is 61.2 Å². The standard InChI is InChI=1S/C18H12N6O2.Pt/c25-13-7-3-1-5-11(13)15-19-9-21-17(23-15)18-22-10-20-16(24-18)12-6-2-4-8-14(12)26;/h1-10,25-26H;. The molecule has 0 radical (unpaired) electrons. The molecule has 9 heteroatoms. The molecule has 2 heterocycles. The van der Waals surface area contributed by atoms with E-state index in [4.69, 9.17) is 0 Å². The number of phenolic OH excluding ortho intramolecular Hbond substituents is 2. The van der Waals surface area contributed by atoms with Crippen LogP contribution in [-0.2, 0) is 21.1 Å². The van der Waals surface area contributed by atoms with E-state index in [1.165, 1.54) is 12.7 Å². The second kappa shape index (κ2) is 7.97. The molecule has 2 aromatic heterocycles. The summed E-state index contributed by atoms with van der Waals surface area (Å²) in [5, 5.41) is 20.0. The molecule has 0 saturated heterocycles. The van der Waals surface area contributed by atoms with E-state index in [0.29, 0.717) is 22.8 Å². The van der Waals surface area contributed by atoms with E-state index in [0.717, 1.165) is 0 Å². The first-order valence-electron chi connectivity index (χ1n) is 7.67. The van der Waals surface area contributed by atoms with Gasteiger partial charge in [-0.05, 0) is 24.3 Å². The number of aromatic nitrogens is 6. The third kappa shape index (κ3) is 3.80. The van der Waals surface area contributed by atoms with Crippen molar-refractivity contribution < 1.29 is 31.3 Å². The Morgan fingerprint density at radius 3 is 1.30 bits per heavy atom. The molecule has 0 fully saturated rings. The number of para-hydroxylation sites is 2. The van der Waals surface area contributed by atoms with E-state index in [2.05, 4.69) is 29.9 Å². The van der Waals surface area contributed by atoms with Crippen LogP contribution in [0.5, 0.6) is 11.5 Å². The molecule has 0 aliphatic heterocycles. The van der Waals surface area contributed by atoms with Crippen molar-refractivity contribution in [3.63, 3.8) is 0 Å². The monoisotopic (exact) mass is 539 g/mol. The van der Waals surface area contributed by atoms with E-state index in [-0.39, 0.29) is 44.2 Å². The summed E-state index contributed by atoms with van der Waals surface area (Å²) in [5.74, 6) is 1.20. The van der Waals surface area contributed by atoms with Gasteiger partial charge in [0.1, 0.15) is 24.2 Å². The normalized spacial score (nSPS) is 10.2. The Kier molecular flexibility index (Phi) is 5.47. The summed E-state index contributed by atoms with van der Waals surface area (Å²) < 4.78 is 0. The zero-order valence-corrected chi connectivity index (χ0v) is 15.9. The fourth-order valence-corrected chi connectivity index (χ4v) is 2.39. The van der Waals surface area contributed by atoms with Gasteiger partial charge in [-0.25, -0.2) is 29.9 Å². The number of hydrogen-bond donors (Lipinski definition) is 2. The quantitative estimate of drug-likeness (QED) is 0.408. The van der Waals surface area contributed by atoms with Crippen LogP contribution in [0.2, 0.25) is 0 Å². The van der Waals surface area contributed by atoms with Crippen molar-refractivity contribution in [1.29, 1.82) is 0 Å². The van der Waals surface area contributed by atoms with Crippen molar-refractivity contribution in [1.82, 2.24) is 29.9 Å². The molecule has 0 atom stereocenters. The van der Waals surface area contributed by atoms with Crippen LogP contribution >= 0.6 is 0 Å². The topological polar surface area (TPSA) is 118 Å². The Bertz CT molecular complexity index is 1010. The van der Waals surface area contributed by atoms with Gasteiger partial charge in [0.15, 0.2) is 11.6 Å². The summed E-state index contributed by atoms with van der Waals surface area (Å²) in [5.41, 5.74) is 0.956. The summed E-state index contributed by atoms with van der Waals surface area (Å²) >= 11 is 0. The van der Waals surface area contributed by atoms with Crippen LogP contribution in [0.4, 0.5) is 0 Å². The third-order valence-corrected chi connectivity index (χ3v) is 3.63. The summed E-state index contributed by atoms with van der Waals surface area (Å²) in [6.45, 7) is 0. The van der Waals surface area contributed by atoms with E-state index in [1.54, 1.807) is 48.5 Å². The van der Waals surface area contributed by atoms with E-state index in [1.807, 2.05) is 0 Å². The maximum absolute atomic E-state index is 9.98. The van der Waals surface area contributed by atoms with E-state index in [9.17, 15) is 10.2 Å². The SMILES string of the molecule is Oc1ccccc1-c1ncnc(-c2ncnc(-c3ccccc3O)n2)n1.[Pt]. The molecule has 136 valence electrons. The third-order valence-electron chi connectivity index (χ3n) is 3.63. The first kappa shape index (κ1) is 18.5. The predicted molar refractivity (Wildman–Crippen MR) is 92.8 cm³/mol. The van der Waals surface area contributed by atoms with Crippen LogP contribution in [0.15, 0.2) is 61.2 Å². The molecular weight excluding hydrogens is 527 g/mol. The van der Waals surface area contributed by atoms with Gasteiger partial charge in [0.05, 0.1) is 11.1 Å². The van der Waals surface area contributed by atoms with Crippen molar-refractivity contribution >= 4 is 0 Å². The summed E-state index contributed by atoms with van der Waals surface area (Å²) in [6.07, 6.45) is 2.65. The Labute approximate surface area is 168 Å². The average molecular weight is 539 g/mol. The minimum atomic E-state index is 0. The van der Waals surface area contributed by atoms with Gasteiger partial charge in [-0.2, -0.15) is 0 Å². The molecule has 4 aromatic rings. The van der Waals surface area contributed by atoms with Gasteiger partial charge >= 0.3 is 0 Å². The predicted octanol–water partition coefficient (Wildman–Crippen LogP) is 2.47. The molecular formula is C18H12N6O2Pt. The molecule has 0 bridgehead atoms. The fourth-order valence-electron chi connectivity index (χ4n) is 2.39. The molecule has 0 aliphatic rings. The number of nitrogens with zero attached hydrogens (tertiary/aromatic N) is 6. The van der Waals surface area contributed by atoms with Crippen LogP contribution in [0.3, 0.4) is 0 Å². The van der Waals surface area contributed by atoms with Crippen molar-refractivity contribution in [3.8, 4) is 45.9 Å². The molecule has 4 rings (SSSR count). The Hall–Kier alpha value is -3.25. The zero-order chi connectivity index (χ0) is 17.9. The summed E-state index contributed by atoms with van der Waals surface area (Å²) in [4.78, 5) is 25.1. The van der Waals surface area contributed by atoms with Crippen LogP contribution in [0.25, 0.3) is 34.4 Å². The number of benzene rings is 2. The number of rotatable bonds is 3. The van der Waals surface area contributed by atoms with Crippen LogP contribution in [0.1, 0.15) is 0 Å². The fraction of sp³-hybridized carbons (Fsp3) is 0. The van der Waals surface area contributed by atoms with Gasteiger partial charge in [-0.15, -0.1) is 0 Å². The Balaban J connectivity index is 0.00000210. The molecule has 27 heavy (non-hydrogen) atoms. The van der Waals surface area contributed by atoms with Crippen LogP contribution < -0.4 is 0 Å². The first-order valence-corrected chi connectivity index (χ1v) is 7.67. The second-order valence-corrected chi connectivity index (χ2v) is 5.30. The minimum absolute atomic E-state index is 0. The summed E-state index contributed by atoms with van der Waals surface area (Å²) in [7, 11) is 0. The van der Waals surface area contributed by atoms with E-state index >= 15 is 0 Å². The van der Waals surface area contributed by atoms with Crippen LogP contribution in [-0.4, -0.2) is 40.1 Å². The molecule has 0 amide bonds. The number of phenols is 2. The van der Waals surface area contributed by atoms with E-state index < -0.39 is 0 Å². The average Bonchev–Trinajstić information content (AvgIpc) is 2.69. The number of hydrogen-bond acceptors (Lipinski definition) is 8. The van der Waals surface area contributed by atoms with Gasteiger partial charge < -0.3 is 10.2 Å². The Morgan fingerprint density at radius 1 is 0.519 bits per heavy atom. The van der Waals surface area contributed by atoms with Crippen molar-refractivity contribution in [2.24, 2.45) is 0 Å².